The van der Waals surface area contributed by atoms with Gasteiger partial charge >= 0.3 is 0 Å². The highest BCUT2D eigenvalue weighted by Gasteiger charge is 2.12. The molecule has 5 rings (SSSR count). The summed E-state index contributed by atoms with van der Waals surface area (Å²) in [7, 11) is 0. The summed E-state index contributed by atoms with van der Waals surface area (Å²) >= 11 is 0. The minimum absolute atomic E-state index is 0.289. The molecule has 1 aromatic carbocycles. The number of pyridine rings is 1. The van der Waals surface area contributed by atoms with E-state index >= 15 is 0 Å². The molecule has 0 aliphatic rings. The van der Waals surface area contributed by atoms with Gasteiger partial charge in [-0.3, -0.25) is 14.2 Å². The minimum Gasteiger partial charge on any atom is -0.446 e. The predicted octanol–water partition coefficient (Wildman–Crippen LogP) is 5.07. The number of halogens is 1. The lowest BCUT2D eigenvalue weighted by molar-refractivity contribution is -0.105. The fraction of sp³-hybridized carbons (Fsp3) is 0.160. The second kappa shape index (κ2) is 9.62. The number of aromatic nitrogens is 5. The van der Waals surface area contributed by atoms with Gasteiger partial charge in [0.05, 0.1) is 17.1 Å². The Morgan fingerprint density at radius 3 is 2.47 bits per heavy atom. The van der Waals surface area contributed by atoms with Crippen LogP contribution in [0.5, 0.6) is 0 Å². The Balaban J connectivity index is 0.000000291. The van der Waals surface area contributed by atoms with E-state index in [4.69, 9.17) is 4.42 Å². The summed E-state index contributed by atoms with van der Waals surface area (Å²) < 4.78 is 21.1. The van der Waals surface area contributed by atoms with E-state index in [2.05, 4.69) is 25.3 Å². The highest BCUT2D eigenvalue weighted by molar-refractivity contribution is 5.75. The Bertz CT molecular complexity index is 1450. The van der Waals surface area contributed by atoms with E-state index < -0.39 is 5.82 Å². The molecule has 34 heavy (non-hydrogen) atoms. The van der Waals surface area contributed by atoms with Crippen molar-refractivity contribution in [2.45, 2.75) is 27.7 Å². The topological polar surface area (TPSA) is 98.2 Å². The number of hydrogen-bond acceptors (Lipinski definition) is 6. The first-order chi connectivity index (χ1) is 16.3. The molecule has 1 N–H and O–H groups in total. The number of fused-ring (bicyclic) bond motifs is 1. The molecule has 0 fully saturated rings. The maximum Gasteiger partial charge on any atom is 0.234 e. The van der Waals surface area contributed by atoms with Gasteiger partial charge in [-0.25, -0.2) is 19.3 Å². The molecule has 0 unspecified atom stereocenters. The Hall–Kier alpha value is -4.40. The van der Waals surface area contributed by atoms with Gasteiger partial charge < -0.3 is 9.73 Å². The van der Waals surface area contributed by atoms with E-state index in [9.17, 15) is 9.18 Å². The molecule has 9 heteroatoms. The van der Waals surface area contributed by atoms with Crippen molar-refractivity contribution >= 4 is 17.9 Å². The number of oxazole rings is 1. The number of imidazole rings is 1. The molecule has 5 aromatic rings. The van der Waals surface area contributed by atoms with Crippen LogP contribution in [0.1, 0.15) is 23.0 Å². The molecule has 0 radical (unpaired) electrons. The molecule has 4 aromatic heterocycles. The number of nitrogens with zero attached hydrogens (tertiary/aromatic N) is 5. The quantitative estimate of drug-likeness (QED) is 0.378. The van der Waals surface area contributed by atoms with E-state index in [1.807, 2.05) is 52.1 Å². The van der Waals surface area contributed by atoms with Crippen LogP contribution < -0.4 is 5.32 Å². The van der Waals surface area contributed by atoms with Gasteiger partial charge in [0.25, 0.3) is 0 Å². The number of carbonyl (C=O) groups is 1. The Morgan fingerprint density at radius 2 is 1.82 bits per heavy atom. The van der Waals surface area contributed by atoms with Crippen LogP contribution >= 0.6 is 0 Å². The smallest absolute Gasteiger partial charge is 0.234 e. The van der Waals surface area contributed by atoms with Crippen LogP contribution in [-0.2, 0) is 4.79 Å². The Kier molecular flexibility index (Phi) is 6.44. The SMILES string of the molecule is Cc1cccc(-c2cnc3nc(-c4cc(NC=O)ccc4F)cn3c2)n1.Cc1nc(C)c(C)o1. The summed E-state index contributed by atoms with van der Waals surface area (Å²) in [6.45, 7) is 7.62. The summed E-state index contributed by atoms with van der Waals surface area (Å²) in [6, 6.07) is 10.1. The van der Waals surface area contributed by atoms with Gasteiger partial charge in [0, 0.05) is 48.0 Å². The van der Waals surface area contributed by atoms with Crippen LogP contribution in [0, 0.1) is 33.5 Å². The summed E-state index contributed by atoms with van der Waals surface area (Å²) in [4.78, 5) is 27.8. The third-order valence-electron chi connectivity index (χ3n) is 5.10. The maximum absolute atomic E-state index is 14.2. The van der Waals surface area contributed by atoms with E-state index in [1.54, 1.807) is 16.8 Å². The largest absolute Gasteiger partial charge is 0.446 e. The van der Waals surface area contributed by atoms with Crippen molar-refractivity contribution in [3.63, 3.8) is 0 Å². The molecule has 0 atom stereocenters. The first-order valence-corrected chi connectivity index (χ1v) is 10.5. The molecule has 0 aliphatic carbocycles. The predicted molar refractivity (Wildman–Crippen MR) is 127 cm³/mol. The van der Waals surface area contributed by atoms with Crippen LogP contribution in [0.25, 0.3) is 28.3 Å². The zero-order chi connectivity index (χ0) is 24.2. The molecule has 0 saturated carbocycles. The van der Waals surface area contributed by atoms with Crippen molar-refractivity contribution in [3.8, 4) is 22.5 Å². The van der Waals surface area contributed by atoms with Gasteiger partial charge in [0.2, 0.25) is 12.2 Å². The van der Waals surface area contributed by atoms with Gasteiger partial charge in [0.1, 0.15) is 11.6 Å². The third-order valence-corrected chi connectivity index (χ3v) is 5.10. The molecule has 1 amide bonds. The number of aryl methyl sites for hydroxylation is 4. The van der Waals surface area contributed by atoms with Crippen LogP contribution in [-0.4, -0.2) is 30.7 Å². The molecule has 0 spiro atoms. The fourth-order valence-corrected chi connectivity index (χ4v) is 3.36. The van der Waals surface area contributed by atoms with Gasteiger partial charge in [-0.15, -0.1) is 0 Å². The van der Waals surface area contributed by atoms with Crippen molar-refractivity contribution in [2.75, 3.05) is 5.32 Å². The summed E-state index contributed by atoms with van der Waals surface area (Å²) in [5, 5.41) is 2.51. The molecule has 4 heterocycles. The lowest BCUT2D eigenvalue weighted by Gasteiger charge is -2.03. The fourth-order valence-electron chi connectivity index (χ4n) is 3.36. The van der Waals surface area contributed by atoms with Crippen LogP contribution in [0.4, 0.5) is 10.1 Å². The van der Waals surface area contributed by atoms with Gasteiger partial charge in [0.15, 0.2) is 5.89 Å². The molecule has 8 nitrogen and oxygen atoms in total. The first kappa shape index (κ1) is 22.8. The Labute approximate surface area is 195 Å². The average molecular weight is 458 g/mol. The molecule has 0 bridgehead atoms. The molecular formula is C25H23FN6O2. The highest BCUT2D eigenvalue weighted by atomic mass is 19.1. The lowest BCUT2D eigenvalue weighted by Crippen LogP contribution is -1.95. The standard InChI is InChI=1S/C19H14FN5O.C6H9NO/c1-12-3-2-4-17(23-12)13-8-21-19-24-18(10-25(19)9-13)15-7-14(22-11-26)5-6-16(15)20;1-4-5(2)8-6(3)7-4/h2-11H,1H3,(H,22,26);1-3H3. The van der Waals surface area contributed by atoms with Crippen molar-refractivity contribution in [1.29, 1.82) is 0 Å². The molecular weight excluding hydrogens is 435 g/mol. The van der Waals surface area contributed by atoms with Gasteiger partial charge in [-0.1, -0.05) is 6.07 Å². The van der Waals surface area contributed by atoms with E-state index in [0.29, 0.717) is 23.6 Å². The minimum atomic E-state index is -0.426. The number of carbonyl (C=O) groups excluding carboxylic acids is 1. The average Bonchev–Trinajstić information content (AvgIpc) is 3.36. The second-order valence-corrected chi connectivity index (χ2v) is 7.67. The summed E-state index contributed by atoms with van der Waals surface area (Å²) in [6.07, 6.45) is 5.79. The van der Waals surface area contributed by atoms with Crippen molar-refractivity contribution < 1.29 is 13.6 Å². The number of anilines is 1. The molecule has 172 valence electrons. The van der Waals surface area contributed by atoms with E-state index in [1.165, 1.54) is 18.2 Å². The monoisotopic (exact) mass is 458 g/mol. The number of hydrogen-bond donors (Lipinski definition) is 1. The van der Waals surface area contributed by atoms with Crippen LogP contribution in [0.2, 0.25) is 0 Å². The van der Waals surface area contributed by atoms with Crippen molar-refractivity contribution in [2.24, 2.45) is 0 Å². The summed E-state index contributed by atoms with van der Waals surface area (Å²) in [5.41, 5.74) is 4.75. The van der Waals surface area contributed by atoms with E-state index in [0.717, 1.165) is 34.3 Å². The number of amides is 1. The van der Waals surface area contributed by atoms with Gasteiger partial charge in [-0.2, -0.15) is 0 Å². The number of nitrogens with one attached hydrogen (secondary N) is 1. The lowest BCUT2D eigenvalue weighted by atomic mass is 10.1. The van der Waals surface area contributed by atoms with Gasteiger partial charge in [-0.05, 0) is 51.1 Å². The zero-order valence-corrected chi connectivity index (χ0v) is 19.2. The van der Waals surface area contributed by atoms with Crippen molar-refractivity contribution in [1.82, 2.24) is 24.3 Å². The number of benzene rings is 1. The maximum atomic E-state index is 14.2. The molecule has 0 aliphatic heterocycles. The van der Waals surface area contributed by atoms with Crippen LogP contribution in [0.15, 0.2) is 59.4 Å². The Morgan fingerprint density at radius 1 is 1.00 bits per heavy atom. The first-order valence-electron chi connectivity index (χ1n) is 10.5. The zero-order valence-electron chi connectivity index (χ0n) is 19.2. The third kappa shape index (κ3) is 4.98. The summed E-state index contributed by atoms with van der Waals surface area (Å²) in [5.74, 6) is 1.69. The van der Waals surface area contributed by atoms with Crippen LogP contribution in [0.3, 0.4) is 0 Å². The number of rotatable bonds is 4. The van der Waals surface area contributed by atoms with E-state index in [-0.39, 0.29) is 5.56 Å². The highest BCUT2D eigenvalue weighted by Crippen LogP contribution is 2.26. The van der Waals surface area contributed by atoms with Crippen molar-refractivity contribution in [3.05, 3.63) is 83.8 Å². The normalized spacial score (nSPS) is 10.6. The second-order valence-electron chi connectivity index (χ2n) is 7.67. The molecule has 0 saturated heterocycles.